The van der Waals surface area contributed by atoms with Gasteiger partial charge in [-0.05, 0) is 19.8 Å². The van der Waals surface area contributed by atoms with Gasteiger partial charge < -0.3 is 4.74 Å². The minimum atomic E-state index is -4.25. The van der Waals surface area contributed by atoms with E-state index in [4.69, 9.17) is 0 Å². The number of hydrogen-bond acceptors (Lipinski definition) is 3. The summed E-state index contributed by atoms with van der Waals surface area (Å²) >= 11 is 0. The average Bonchev–Trinajstić information content (AvgIpc) is 2.97. The second kappa shape index (κ2) is 5.53. The van der Waals surface area contributed by atoms with Crippen molar-refractivity contribution in [2.75, 3.05) is 19.7 Å². The van der Waals surface area contributed by atoms with Crippen molar-refractivity contribution < 1.29 is 22.7 Å². The Morgan fingerprint density at radius 2 is 2.06 bits per heavy atom. The fourth-order valence-electron chi connectivity index (χ4n) is 1.53. The SMILES string of the molecule is C=C(CN(CC(F)(F)F)C1CC1)C(=O)OCC. The molecule has 0 unspecified atom stereocenters. The Morgan fingerprint density at radius 1 is 1.47 bits per heavy atom. The highest BCUT2D eigenvalue weighted by Crippen LogP contribution is 2.30. The Morgan fingerprint density at radius 3 is 2.47 bits per heavy atom. The molecule has 0 spiro atoms. The van der Waals surface area contributed by atoms with E-state index in [1.54, 1.807) is 6.92 Å². The fraction of sp³-hybridized carbons (Fsp3) is 0.727. The van der Waals surface area contributed by atoms with Crippen molar-refractivity contribution >= 4 is 5.97 Å². The molecule has 0 aliphatic heterocycles. The molecule has 0 aromatic heterocycles. The van der Waals surface area contributed by atoms with Crippen LogP contribution in [0.3, 0.4) is 0 Å². The molecule has 3 nitrogen and oxygen atoms in total. The number of carbonyl (C=O) groups is 1. The molecule has 1 saturated carbocycles. The Bertz CT molecular complexity index is 298. The van der Waals surface area contributed by atoms with Crippen LogP contribution in [0.15, 0.2) is 12.2 Å². The Kier molecular flexibility index (Phi) is 4.56. The maximum absolute atomic E-state index is 12.3. The van der Waals surface area contributed by atoms with Crippen molar-refractivity contribution in [3.05, 3.63) is 12.2 Å². The lowest BCUT2D eigenvalue weighted by atomic mass is 10.2. The van der Waals surface area contributed by atoms with Crippen LogP contribution in [0, 0.1) is 0 Å². The van der Waals surface area contributed by atoms with Crippen LogP contribution in [0.2, 0.25) is 0 Å². The number of nitrogens with zero attached hydrogens (tertiary/aromatic N) is 1. The summed E-state index contributed by atoms with van der Waals surface area (Å²) in [5.41, 5.74) is 0.0722. The van der Waals surface area contributed by atoms with E-state index in [-0.39, 0.29) is 24.8 Å². The monoisotopic (exact) mass is 251 g/mol. The summed E-state index contributed by atoms with van der Waals surface area (Å²) in [4.78, 5) is 12.5. The summed E-state index contributed by atoms with van der Waals surface area (Å²) in [6, 6.07) is -0.0807. The van der Waals surface area contributed by atoms with Crippen molar-refractivity contribution in [3.63, 3.8) is 0 Å². The lowest BCUT2D eigenvalue weighted by Gasteiger charge is -2.23. The van der Waals surface area contributed by atoms with Crippen molar-refractivity contribution in [3.8, 4) is 0 Å². The normalized spacial score (nSPS) is 16.1. The maximum atomic E-state index is 12.3. The highest BCUT2D eigenvalue weighted by atomic mass is 19.4. The summed E-state index contributed by atoms with van der Waals surface area (Å²) in [5.74, 6) is -0.625. The quantitative estimate of drug-likeness (QED) is 0.535. The van der Waals surface area contributed by atoms with Gasteiger partial charge in [-0.15, -0.1) is 0 Å². The molecule has 0 heterocycles. The maximum Gasteiger partial charge on any atom is 0.401 e. The third-order valence-corrected chi connectivity index (χ3v) is 2.40. The van der Waals surface area contributed by atoms with Gasteiger partial charge in [0.2, 0.25) is 0 Å². The number of carbonyl (C=O) groups excluding carboxylic acids is 1. The zero-order valence-corrected chi connectivity index (χ0v) is 9.72. The van der Waals surface area contributed by atoms with Gasteiger partial charge in [0.25, 0.3) is 0 Å². The molecule has 0 atom stereocenters. The van der Waals surface area contributed by atoms with Gasteiger partial charge in [0.05, 0.1) is 13.2 Å². The molecule has 98 valence electrons. The summed E-state index contributed by atoms with van der Waals surface area (Å²) in [6.45, 7) is 4.22. The smallest absolute Gasteiger partial charge is 0.401 e. The highest BCUT2D eigenvalue weighted by Gasteiger charge is 2.38. The van der Waals surface area contributed by atoms with Crippen LogP contribution in [-0.4, -0.2) is 42.8 Å². The Labute approximate surface area is 98.2 Å². The molecule has 6 heteroatoms. The molecule has 0 radical (unpaired) electrons. The van der Waals surface area contributed by atoms with Gasteiger partial charge in [0, 0.05) is 18.2 Å². The molecule has 0 bridgehead atoms. The minimum absolute atomic E-state index is 0.0722. The molecule has 17 heavy (non-hydrogen) atoms. The zero-order chi connectivity index (χ0) is 13.1. The van der Waals surface area contributed by atoms with Crippen LogP contribution in [0.25, 0.3) is 0 Å². The van der Waals surface area contributed by atoms with Crippen LogP contribution in [0.5, 0.6) is 0 Å². The molecule has 0 saturated heterocycles. The predicted molar refractivity (Wildman–Crippen MR) is 56.4 cm³/mol. The second-order valence-corrected chi connectivity index (χ2v) is 4.08. The third kappa shape index (κ3) is 5.21. The largest absolute Gasteiger partial charge is 0.463 e. The first-order valence-electron chi connectivity index (χ1n) is 5.49. The fourth-order valence-corrected chi connectivity index (χ4v) is 1.53. The predicted octanol–water partition coefficient (Wildman–Crippen LogP) is 2.13. The molecule has 0 aromatic carbocycles. The van der Waals surface area contributed by atoms with Crippen molar-refractivity contribution in [1.29, 1.82) is 0 Å². The van der Waals surface area contributed by atoms with E-state index < -0.39 is 18.7 Å². The molecular formula is C11H16F3NO2. The number of esters is 1. The van der Waals surface area contributed by atoms with Gasteiger partial charge >= 0.3 is 12.1 Å². The van der Waals surface area contributed by atoms with E-state index in [1.807, 2.05) is 0 Å². The van der Waals surface area contributed by atoms with Crippen LogP contribution in [0.4, 0.5) is 13.2 Å². The lowest BCUT2D eigenvalue weighted by Crippen LogP contribution is -2.38. The summed E-state index contributed by atoms with van der Waals surface area (Å²) in [7, 11) is 0. The molecular weight excluding hydrogens is 235 g/mol. The summed E-state index contributed by atoms with van der Waals surface area (Å²) in [5, 5.41) is 0. The first kappa shape index (κ1) is 14.0. The van der Waals surface area contributed by atoms with E-state index in [0.717, 1.165) is 12.8 Å². The topological polar surface area (TPSA) is 29.5 Å². The number of rotatable bonds is 6. The van der Waals surface area contributed by atoms with Gasteiger partial charge in [-0.3, -0.25) is 4.90 Å². The molecule has 1 aliphatic carbocycles. The van der Waals surface area contributed by atoms with Gasteiger partial charge in [-0.2, -0.15) is 13.2 Å². The first-order chi connectivity index (χ1) is 7.83. The minimum Gasteiger partial charge on any atom is -0.463 e. The van der Waals surface area contributed by atoms with Gasteiger partial charge in [-0.25, -0.2) is 4.79 Å². The average molecular weight is 251 g/mol. The van der Waals surface area contributed by atoms with E-state index in [2.05, 4.69) is 11.3 Å². The Hall–Kier alpha value is -1.04. The lowest BCUT2D eigenvalue weighted by molar-refractivity contribution is -0.148. The van der Waals surface area contributed by atoms with Crippen molar-refractivity contribution in [1.82, 2.24) is 4.90 Å². The van der Waals surface area contributed by atoms with E-state index in [9.17, 15) is 18.0 Å². The third-order valence-electron chi connectivity index (χ3n) is 2.40. The molecule has 1 fully saturated rings. The molecule has 0 aromatic rings. The van der Waals surface area contributed by atoms with E-state index >= 15 is 0 Å². The van der Waals surface area contributed by atoms with Crippen molar-refractivity contribution in [2.45, 2.75) is 32.0 Å². The number of halogens is 3. The molecule has 1 rings (SSSR count). The second-order valence-electron chi connectivity index (χ2n) is 4.08. The molecule has 1 aliphatic rings. The number of ether oxygens (including phenoxy) is 1. The van der Waals surface area contributed by atoms with Crippen LogP contribution < -0.4 is 0 Å². The standard InChI is InChI=1S/C11H16F3NO2/c1-3-17-10(16)8(2)6-15(9-4-5-9)7-11(12,13)14/h9H,2-7H2,1H3. The summed E-state index contributed by atoms with van der Waals surface area (Å²) < 4.78 is 41.6. The van der Waals surface area contributed by atoms with Gasteiger partial charge in [0.1, 0.15) is 0 Å². The zero-order valence-electron chi connectivity index (χ0n) is 9.72. The molecule has 0 amide bonds. The van der Waals surface area contributed by atoms with Crippen molar-refractivity contribution in [2.24, 2.45) is 0 Å². The van der Waals surface area contributed by atoms with Crippen LogP contribution in [0.1, 0.15) is 19.8 Å². The van der Waals surface area contributed by atoms with E-state index in [0.29, 0.717) is 0 Å². The first-order valence-corrected chi connectivity index (χ1v) is 5.49. The van der Waals surface area contributed by atoms with E-state index in [1.165, 1.54) is 4.90 Å². The van der Waals surface area contributed by atoms with Gasteiger partial charge in [-0.1, -0.05) is 6.58 Å². The number of alkyl halides is 3. The highest BCUT2D eigenvalue weighted by molar-refractivity contribution is 5.88. The summed E-state index contributed by atoms with van der Waals surface area (Å²) in [6.07, 6.45) is -2.77. The number of hydrogen-bond donors (Lipinski definition) is 0. The van der Waals surface area contributed by atoms with Gasteiger partial charge in [0.15, 0.2) is 0 Å². The molecule has 0 N–H and O–H groups in total. The van der Waals surface area contributed by atoms with Crippen LogP contribution >= 0.6 is 0 Å². The Balaban J connectivity index is 2.49. The van der Waals surface area contributed by atoms with Crippen LogP contribution in [-0.2, 0) is 9.53 Å².